The number of benzene rings is 3. The molecule has 0 saturated heterocycles. The molecule has 0 radical (unpaired) electrons. The van der Waals surface area contributed by atoms with Gasteiger partial charge in [-0.25, -0.2) is 0 Å². The van der Waals surface area contributed by atoms with Gasteiger partial charge in [-0.15, -0.1) is 0 Å². The topological polar surface area (TPSA) is 0 Å². The van der Waals surface area contributed by atoms with Gasteiger partial charge in [0.1, 0.15) is 0 Å². The van der Waals surface area contributed by atoms with Gasteiger partial charge in [-0.1, -0.05) is 0 Å². The molecule has 0 bridgehead atoms. The van der Waals surface area contributed by atoms with E-state index in [1.54, 1.807) is 0 Å². The van der Waals surface area contributed by atoms with E-state index in [-0.39, 0.29) is 0 Å². The van der Waals surface area contributed by atoms with E-state index in [0.29, 0.717) is 0 Å². The minimum atomic E-state index is 0.789. The van der Waals surface area contributed by atoms with E-state index in [1.807, 2.05) is 18.2 Å². The average molecular weight is 342 g/mol. The van der Waals surface area contributed by atoms with E-state index in [1.165, 1.54) is 49.3 Å². The summed E-state index contributed by atoms with van der Waals surface area (Å²) in [4.78, 5) is 0. The van der Waals surface area contributed by atoms with Crippen molar-refractivity contribution in [2.45, 2.75) is 0 Å². The molecule has 3 aromatic rings. The third-order valence-corrected chi connectivity index (χ3v) is 4.78. The van der Waals surface area contributed by atoms with Crippen LogP contribution in [0.1, 0.15) is 11.1 Å². The second kappa shape index (κ2) is 5.53. The molecule has 0 aromatic heterocycles. The van der Waals surface area contributed by atoms with Crippen LogP contribution in [-0.2, 0) is 24.2 Å². The van der Waals surface area contributed by atoms with Crippen LogP contribution in [0.5, 0.6) is 0 Å². The SMILES string of the molecule is Clc1cccc([C](=[Zr+2])c2cccc3ccccc23)c1. The zero-order valence-corrected chi connectivity index (χ0v) is 13.4. The molecule has 0 spiro atoms. The molecule has 3 rings (SSSR count). The summed E-state index contributed by atoms with van der Waals surface area (Å²) in [7, 11) is 0. The summed E-state index contributed by atoms with van der Waals surface area (Å²) >= 11 is 7.49. The fraction of sp³-hybridized carbons (Fsp3) is 0. The summed E-state index contributed by atoms with van der Waals surface area (Å²) in [5.41, 5.74) is 2.51. The van der Waals surface area contributed by atoms with Crippen molar-refractivity contribution in [1.29, 1.82) is 0 Å². The van der Waals surface area contributed by atoms with Gasteiger partial charge in [0.25, 0.3) is 0 Å². The predicted molar refractivity (Wildman–Crippen MR) is 78.6 cm³/mol. The van der Waals surface area contributed by atoms with Gasteiger partial charge in [0.15, 0.2) is 0 Å². The Morgan fingerprint density at radius 2 is 1.58 bits per heavy atom. The van der Waals surface area contributed by atoms with Crippen molar-refractivity contribution in [3.8, 4) is 0 Å². The molecule has 0 N–H and O–H groups in total. The molecule has 2 heteroatoms. The first-order valence-electron chi connectivity index (χ1n) is 6.08. The van der Waals surface area contributed by atoms with Gasteiger partial charge < -0.3 is 0 Å². The molecule has 3 aromatic carbocycles. The molecule has 0 aliphatic heterocycles. The average Bonchev–Trinajstić information content (AvgIpc) is 2.46. The molecule has 88 valence electrons. The maximum absolute atomic E-state index is 6.09. The quantitative estimate of drug-likeness (QED) is 0.638. The summed E-state index contributed by atoms with van der Waals surface area (Å²) < 4.78 is 1.34. The second-order valence-corrected chi connectivity index (χ2v) is 6.08. The minimum absolute atomic E-state index is 0.789. The summed E-state index contributed by atoms with van der Waals surface area (Å²) in [6.45, 7) is 0. The summed E-state index contributed by atoms with van der Waals surface area (Å²) in [6.07, 6.45) is 0. The molecule has 19 heavy (non-hydrogen) atoms. The van der Waals surface area contributed by atoms with Gasteiger partial charge in [-0.05, 0) is 0 Å². The Balaban J connectivity index is 2.17. The Bertz CT molecular complexity index is 757. The Morgan fingerprint density at radius 3 is 2.42 bits per heavy atom. The van der Waals surface area contributed by atoms with Gasteiger partial charge in [-0.2, -0.15) is 0 Å². The first-order valence-corrected chi connectivity index (χ1v) is 7.69. The van der Waals surface area contributed by atoms with Gasteiger partial charge in [0.2, 0.25) is 0 Å². The molecule has 0 atom stereocenters. The van der Waals surface area contributed by atoms with Crippen LogP contribution in [0, 0.1) is 0 Å². The van der Waals surface area contributed by atoms with Gasteiger partial charge in [0.05, 0.1) is 0 Å². The van der Waals surface area contributed by atoms with Crippen molar-refractivity contribution in [2.24, 2.45) is 0 Å². The van der Waals surface area contributed by atoms with Crippen LogP contribution in [0.4, 0.5) is 0 Å². The third-order valence-electron chi connectivity index (χ3n) is 3.17. The van der Waals surface area contributed by atoms with Crippen LogP contribution in [0.25, 0.3) is 10.8 Å². The van der Waals surface area contributed by atoms with E-state index in [9.17, 15) is 0 Å². The number of hydrogen-bond donors (Lipinski definition) is 0. The zero-order chi connectivity index (χ0) is 13.2. The Morgan fingerprint density at radius 1 is 0.842 bits per heavy atom. The van der Waals surface area contributed by atoms with Crippen molar-refractivity contribution < 1.29 is 24.2 Å². The molecular formula is C17H11ClZr+2. The van der Waals surface area contributed by atoms with E-state index < -0.39 is 0 Å². The zero-order valence-electron chi connectivity index (χ0n) is 10.2. The van der Waals surface area contributed by atoms with E-state index in [4.69, 9.17) is 11.6 Å². The summed E-state index contributed by atoms with van der Waals surface area (Å²) in [6, 6.07) is 23.0. The summed E-state index contributed by atoms with van der Waals surface area (Å²) in [5, 5.41) is 3.37. The van der Waals surface area contributed by atoms with Gasteiger partial charge in [-0.3, -0.25) is 0 Å². The molecule has 0 heterocycles. The second-order valence-electron chi connectivity index (χ2n) is 4.41. The first-order chi connectivity index (χ1) is 9.25. The fourth-order valence-electron chi connectivity index (χ4n) is 2.24. The number of halogens is 1. The van der Waals surface area contributed by atoms with Crippen LogP contribution >= 0.6 is 11.6 Å². The van der Waals surface area contributed by atoms with E-state index in [0.717, 1.165) is 5.02 Å². The van der Waals surface area contributed by atoms with Gasteiger partial charge >= 0.3 is 133 Å². The normalized spacial score (nSPS) is 10.7. The van der Waals surface area contributed by atoms with Crippen molar-refractivity contribution in [3.05, 3.63) is 82.9 Å². The Labute approximate surface area is 132 Å². The van der Waals surface area contributed by atoms with Crippen molar-refractivity contribution in [1.82, 2.24) is 0 Å². The molecule has 0 fully saturated rings. The number of hydrogen-bond acceptors (Lipinski definition) is 0. The van der Waals surface area contributed by atoms with Crippen molar-refractivity contribution >= 4 is 25.6 Å². The van der Waals surface area contributed by atoms with Crippen LogP contribution in [-0.4, -0.2) is 3.21 Å². The molecule has 0 nitrogen and oxygen atoms in total. The third kappa shape index (κ3) is 2.64. The monoisotopic (exact) mass is 340 g/mol. The fourth-order valence-corrected chi connectivity index (χ4v) is 3.35. The number of rotatable bonds is 2. The van der Waals surface area contributed by atoms with E-state index in [2.05, 4.69) is 48.5 Å². The van der Waals surface area contributed by atoms with Gasteiger partial charge in [0, 0.05) is 0 Å². The van der Waals surface area contributed by atoms with Crippen molar-refractivity contribution in [2.75, 3.05) is 0 Å². The summed E-state index contributed by atoms with van der Waals surface area (Å²) in [5.74, 6) is 0. The molecule has 0 saturated carbocycles. The Hall–Kier alpha value is -1.04. The molecule has 0 aliphatic carbocycles. The van der Waals surface area contributed by atoms with Crippen LogP contribution < -0.4 is 0 Å². The number of fused-ring (bicyclic) bond motifs is 1. The van der Waals surface area contributed by atoms with E-state index >= 15 is 0 Å². The maximum atomic E-state index is 6.09. The molecule has 0 unspecified atom stereocenters. The predicted octanol–water partition coefficient (Wildman–Crippen LogP) is 4.61. The Kier molecular flexibility index (Phi) is 3.77. The first kappa shape index (κ1) is 13.0. The molecular weight excluding hydrogens is 331 g/mol. The molecule has 0 amide bonds. The van der Waals surface area contributed by atoms with Crippen LogP contribution in [0.3, 0.4) is 0 Å². The van der Waals surface area contributed by atoms with Crippen molar-refractivity contribution in [3.63, 3.8) is 0 Å². The molecule has 0 aliphatic rings. The van der Waals surface area contributed by atoms with Crippen LogP contribution in [0.2, 0.25) is 5.02 Å². The van der Waals surface area contributed by atoms with Crippen LogP contribution in [0.15, 0.2) is 66.7 Å². The standard InChI is InChI=1S/C17H11Cl.Zr/c18-16-9-3-5-13(12-16)11-15-8-4-7-14-6-1-2-10-17(14)15;/h1-10,12H;/q;+2.